The van der Waals surface area contributed by atoms with Gasteiger partial charge in [-0.1, -0.05) is 38.3 Å². The van der Waals surface area contributed by atoms with Crippen LogP contribution in [0.4, 0.5) is 4.79 Å². The van der Waals surface area contributed by atoms with Gasteiger partial charge in [0.2, 0.25) is 0 Å². The molecule has 0 unspecified atom stereocenters. The Morgan fingerprint density at radius 1 is 1.37 bits per heavy atom. The number of amides is 2. The van der Waals surface area contributed by atoms with Gasteiger partial charge in [0.15, 0.2) is 0 Å². The molecular formula is C14H21N3O2. The number of hydrogen-bond acceptors (Lipinski definition) is 3. The molecule has 0 heterocycles. The van der Waals surface area contributed by atoms with Crippen LogP contribution in [-0.4, -0.2) is 18.9 Å². The molecule has 0 saturated carbocycles. The number of benzene rings is 1. The first-order chi connectivity index (χ1) is 9.24. The minimum atomic E-state index is -0.686. The van der Waals surface area contributed by atoms with Gasteiger partial charge < -0.3 is 10.5 Å². The first kappa shape index (κ1) is 15.0. The summed E-state index contributed by atoms with van der Waals surface area (Å²) in [6.07, 6.45) is 6.18. The summed E-state index contributed by atoms with van der Waals surface area (Å²) < 4.78 is 5.71. The molecule has 1 aromatic carbocycles. The lowest BCUT2D eigenvalue weighted by molar-refractivity contribution is 0.249. The summed E-state index contributed by atoms with van der Waals surface area (Å²) in [4.78, 5) is 10.5. The fourth-order valence-electron chi connectivity index (χ4n) is 1.60. The second kappa shape index (κ2) is 8.97. The van der Waals surface area contributed by atoms with E-state index >= 15 is 0 Å². The third kappa shape index (κ3) is 6.45. The van der Waals surface area contributed by atoms with Crippen molar-refractivity contribution in [1.29, 1.82) is 0 Å². The first-order valence-electron chi connectivity index (χ1n) is 6.54. The summed E-state index contributed by atoms with van der Waals surface area (Å²) in [5, 5.41) is 3.73. The van der Waals surface area contributed by atoms with Crippen LogP contribution < -0.4 is 15.9 Å². The molecule has 0 spiro atoms. The number of nitrogens with zero attached hydrogens (tertiary/aromatic N) is 1. The van der Waals surface area contributed by atoms with Gasteiger partial charge in [-0.25, -0.2) is 10.2 Å². The van der Waals surface area contributed by atoms with Crippen molar-refractivity contribution in [1.82, 2.24) is 5.43 Å². The minimum Gasteiger partial charge on any atom is -0.493 e. The SMILES string of the molecule is CCCCCCOc1ccccc1/C=N/NC(N)=O. The number of hydrogen-bond donors (Lipinski definition) is 2. The van der Waals surface area contributed by atoms with Crippen LogP contribution in [-0.2, 0) is 0 Å². The van der Waals surface area contributed by atoms with E-state index in [0.29, 0.717) is 6.61 Å². The van der Waals surface area contributed by atoms with Crippen LogP contribution in [0, 0.1) is 0 Å². The fraction of sp³-hybridized carbons (Fsp3) is 0.429. The van der Waals surface area contributed by atoms with Crippen molar-refractivity contribution < 1.29 is 9.53 Å². The van der Waals surface area contributed by atoms with E-state index in [9.17, 15) is 4.79 Å². The van der Waals surface area contributed by atoms with E-state index in [0.717, 1.165) is 17.7 Å². The van der Waals surface area contributed by atoms with Gasteiger partial charge >= 0.3 is 6.03 Å². The molecule has 0 saturated heterocycles. The first-order valence-corrected chi connectivity index (χ1v) is 6.54. The molecule has 104 valence electrons. The average molecular weight is 263 g/mol. The van der Waals surface area contributed by atoms with E-state index in [1.807, 2.05) is 24.3 Å². The van der Waals surface area contributed by atoms with Gasteiger partial charge in [-0.05, 0) is 18.6 Å². The van der Waals surface area contributed by atoms with Gasteiger partial charge in [-0.3, -0.25) is 0 Å². The molecule has 0 fully saturated rings. The summed E-state index contributed by atoms with van der Waals surface area (Å²) >= 11 is 0. The van der Waals surface area contributed by atoms with Crippen LogP contribution in [0.5, 0.6) is 5.75 Å². The fourth-order valence-corrected chi connectivity index (χ4v) is 1.60. The third-order valence-corrected chi connectivity index (χ3v) is 2.55. The molecule has 2 amide bonds. The summed E-state index contributed by atoms with van der Waals surface area (Å²) in [6.45, 7) is 2.87. The number of hydrazone groups is 1. The van der Waals surface area contributed by atoms with Crippen molar-refractivity contribution in [3.63, 3.8) is 0 Å². The van der Waals surface area contributed by atoms with E-state index in [1.54, 1.807) is 0 Å². The lowest BCUT2D eigenvalue weighted by Gasteiger charge is -2.08. The standard InChI is InChI=1S/C14H21N3O2/c1-2-3-4-7-10-19-13-9-6-5-8-12(13)11-16-17-14(15)18/h5-6,8-9,11H,2-4,7,10H2,1H3,(H3,15,17,18)/b16-11+. The maximum Gasteiger partial charge on any atom is 0.332 e. The molecular weight excluding hydrogens is 242 g/mol. The van der Waals surface area contributed by atoms with Gasteiger partial charge in [0.05, 0.1) is 12.8 Å². The molecule has 0 aliphatic carbocycles. The van der Waals surface area contributed by atoms with Crippen molar-refractivity contribution in [2.24, 2.45) is 10.8 Å². The van der Waals surface area contributed by atoms with Crippen LogP contribution in [0.1, 0.15) is 38.2 Å². The number of para-hydroxylation sites is 1. The maximum absolute atomic E-state index is 10.5. The Hall–Kier alpha value is -2.04. The highest BCUT2D eigenvalue weighted by Gasteiger charge is 2.00. The normalized spacial score (nSPS) is 10.6. The highest BCUT2D eigenvalue weighted by Crippen LogP contribution is 2.16. The lowest BCUT2D eigenvalue weighted by Crippen LogP contribution is -2.24. The molecule has 1 aromatic rings. The summed E-state index contributed by atoms with van der Waals surface area (Å²) in [7, 11) is 0. The molecule has 5 heteroatoms. The topological polar surface area (TPSA) is 76.7 Å². The van der Waals surface area contributed by atoms with E-state index in [4.69, 9.17) is 10.5 Å². The van der Waals surface area contributed by atoms with Crippen LogP contribution in [0.15, 0.2) is 29.4 Å². The summed E-state index contributed by atoms with van der Waals surface area (Å²) in [5.74, 6) is 0.758. The largest absolute Gasteiger partial charge is 0.493 e. The Balaban J connectivity index is 2.48. The number of unbranched alkanes of at least 4 members (excludes halogenated alkanes) is 3. The van der Waals surface area contributed by atoms with Crippen LogP contribution in [0.3, 0.4) is 0 Å². The van der Waals surface area contributed by atoms with E-state index < -0.39 is 6.03 Å². The number of urea groups is 1. The number of nitrogens with two attached hydrogens (primary N) is 1. The van der Waals surface area contributed by atoms with Gasteiger partial charge in [-0.15, -0.1) is 0 Å². The number of ether oxygens (including phenoxy) is 1. The van der Waals surface area contributed by atoms with Gasteiger partial charge in [0, 0.05) is 5.56 Å². The predicted molar refractivity (Wildman–Crippen MR) is 76.4 cm³/mol. The Labute approximate surface area is 113 Å². The molecule has 0 atom stereocenters. The van der Waals surface area contributed by atoms with Gasteiger partial charge in [0.25, 0.3) is 0 Å². The highest BCUT2D eigenvalue weighted by atomic mass is 16.5. The van der Waals surface area contributed by atoms with Crippen LogP contribution in [0.25, 0.3) is 0 Å². The molecule has 0 aromatic heterocycles. The molecule has 5 nitrogen and oxygen atoms in total. The average Bonchev–Trinajstić information content (AvgIpc) is 2.40. The number of nitrogens with one attached hydrogen (secondary N) is 1. The predicted octanol–water partition coefficient (Wildman–Crippen LogP) is 2.65. The maximum atomic E-state index is 10.5. The van der Waals surface area contributed by atoms with Crippen molar-refractivity contribution >= 4 is 12.2 Å². The van der Waals surface area contributed by atoms with E-state index in [-0.39, 0.29) is 0 Å². The smallest absolute Gasteiger partial charge is 0.332 e. The minimum absolute atomic E-state index is 0.686. The highest BCUT2D eigenvalue weighted by molar-refractivity contribution is 5.84. The molecule has 0 bridgehead atoms. The van der Waals surface area contributed by atoms with Crippen molar-refractivity contribution in [3.8, 4) is 5.75 Å². The molecule has 1 rings (SSSR count). The Morgan fingerprint density at radius 2 is 2.16 bits per heavy atom. The number of carbonyl (C=O) groups excluding carboxylic acids is 1. The zero-order valence-corrected chi connectivity index (χ0v) is 11.3. The van der Waals surface area contributed by atoms with E-state index in [1.165, 1.54) is 25.5 Å². The molecule has 3 N–H and O–H groups in total. The number of primary amides is 1. The Kier molecular flexibility index (Phi) is 7.09. The lowest BCUT2D eigenvalue weighted by atomic mass is 10.2. The van der Waals surface area contributed by atoms with Crippen molar-refractivity contribution in [3.05, 3.63) is 29.8 Å². The van der Waals surface area contributed by atoms with Crippen molar-refractivity contribution in [2.75, 3.05) is 6.61 Å². The zero-order valence-electron chi connectivity index (χ0n) is 11.3. The summed E-state index contributed by atoms with van der Waals surface area (Å²) in [6, 6.07) is 6.85. The quantitative estimate of drug-likeness (QED) is 0.429. The van der Waals surface area contributed by atoms with Crippen LogP contribution in [0.2, 0.25) is 0 Å². The van der Waals surface area contributed by atoms with Gasteiger partial charge in [-0.2, -0.15) is 5.10 Å². The third-order valence-electron chi connectivity index (χ3n) is 2.55. The van der Waals surface area contributed by atoms with Crippen molar-refractivity contribution in [2.45, 2.75) is 32.6 Å². The molecule has 0 aliphatic rings. The molecule has 0 radical (unpaired) electrons. The second-order valence-electron chi connectivity index (χ2n) is 4.18. The van der Waals surface area contributed by atoms with E-state index in [2.05, 4.69) is 17.5 Å². The monoisotopic (exact) mass is 263 g/mol. The van der Waals surface area contributed by atoms with Crippen LogP contribution >= 0.6 is 0 Å². The molecule has 0 aliphatic heterocycles. The summed E-state index contributed by atoms with van der Waals surface area (Å²) in [5.41, 5.74) is 7.90. The molecule has 19 heavy (non-hydrogen) atoms. The Morgan fingerprint density at radius 3 is 2.89 bits per heavy atom. The second-order valence-corrected chi connectivity index (χ2v) is 4.18. The Bertz CT molecular complexity index is 419. The zero-order chi connectivity index (χ0) is 13.9. The van der Waals surface area contributed by atoms with Gasteiger partial charge in [0.1, 0.15) is 5.75 Å². The number of carbonyl (C=O) groups is 1. The number of rotatable bonds is 8.